The Morgan fingerprint density at radius 3 is 2.52 bits per heavy atom. The fourth-order valence-electron chi connectivity index (χ4n) is 1.59. The minimum absolute atomic E-state index is 0.0535. The molecular formula is C13H10BrF3N2O2. The van der Waals surface area contributed by atoms with Gasteiger partial charge in [0.2, 0.25) is 5.88 Å². The topological polar surface area (TPSA) is 57.4 Å². The van der Waals surface area contributed by atoms with Crippen LogP contribution in [0.3, 0.4) is 0 Å². The highest BCUT2D eigenvalue weighted by Gasteiger charge is 2.36. The number of nitrogens with two attached hydrogens (primary N) is 1. The molecule has 0 aliphatic rings. The second-order valence-corrected chi connectivity index (χ2v) is 4.93. The molecule has 0 aliphatic carbocycles. The van der Waals surface area contributed by atoms with Crippen LogP contribution < -0.4 is 15.2 Å². The maximum absolute atomic E-state index is 13.0. The van der Waals surface area contributed by atoms with Crippen LogP contribution in [0.25, 0.3) is 0 Å². The quantitative estimate of drug-likeness (QED) is 0.829. The van der Waals surface area contributed by atoms with Crippen molar-refractivity contribution in [2.75, 3.05) is 12.8 Å². The van der Waals surface area contributed by atoms with E-state index in [1.165, 1.54) is 25.4 Å². The smallest absolute Gasteiger partial charge is 0.421 e. The first kappa shape index (κ1) is 15.4. The molecule has 2 rings (SSSR count). The number of rotatable bonds is 3. The number of pyridine rings is 1. The summed E-state index contributed by atoms with van der Waals surface area (Å²) in [5, 5.41) is 0. The van der Waals surface area contributed by atoms with Crippen LogP contribution in [0.15, 0.2) is 34.9 Å². The van der Waals surface area contributed by atoms with Gasteiger partial charge in [-0.05, 0) is 34.1 Å². The van der Waals surface area contributed by atoms with Crippen molar-refractivity contribution in [2.45, 2.75) is 6.18 Å². The zero-order valence-corrected chi connectivity index (χ0v) is 12.3. The van der Waals surface area contributed by atoms with E-state index in [0.717, 1.165) is 6.07 Å². The first-order chi connectivity index (χ1) is 9.81. The number of ether oxygens (including phenoxy) is 2. The molecule has 0 saturated carbocycles. The van der Waals surface area contributed by atoms with Gasteiger partial charge in [-0.25, -0.2) is 4.98 Å². The van der Waals surface area contributed by atoms with E-state index < -0.39 is 17.6 Å². The van der Waals surface area contributed by atoms with E-state index in [0.29, 0.717) is 5.69 Å². The van der Waals surface area contributed by atoms with E-state index in [-0.39, 0.29) is 16.0 Å². The van der Waals surface area contributed by atoms with E-state index in [9.17, 15) is 13.2 Å². The van der Waals surface area contributed by atoms with Gasteiger partial charge in [0.25, 0.3) is 0 Å². The minimum atomic E-state index is -4.60. The molecule has 2 aromatic rings. The van der Waals surface area contributed by atoms with Crippen LogP contribution in [-0.2, 0) is 6.18 Å². The fourth-order valence-corrected chi connectivity index (χ4v) is 1.92. The molecule has 4 nitrogen and oxygen atoms in total. The molecule has 1 aromatic carbocycles. The Bertz CT molecular complexity index is 662. The van der Waals surface area contributed by atoms with Crippen molar-refractivity contribution in [3.63, 3.8) is 0 Å². The summed E-state index contributed by atoms with van der Waals surface area (Å²) in [6, 6.07) is 5.30. The number of aromatic nitrogens is 1. The average molecular weight is 363 g/mol. The van der Waals surface area contributed by atoms with Gasteiger partial charge in [0.05, 0.1) is 7.11 Å². The zero-order chi connectivity index (χ0) is 15.6. The number of hydrogen-bond donors (Lipinski definition) is 1. The highest BCUT2D eigenvalue weighted by atomic mass is 79.9. The molecule has 8 heteroatoms. The molecule has 0 saturated heterocycles. The van der Waals surface area contributed by atoms with E-state index >= 15 is 0 Å². The maximum Gasteiger partial charge on any atom is 0.421 e. The van der Waals surface area contributed by atoms with Gasteiger partial charge in [-0.2, -0.15) is 13.2 Å². The lowest BCUT2D eigenvalue weighted by atomic mass is 10.2. The lowest BCUT2D eigenvalue weighted by molar-refractivity contribution is -0.138. The largest absolute Gasteiger partial charge is 0.493 e. The molecule has 0 bridgehead atoms. The highest BCUT2D eigenvalue weighted by Crippen LogP contribution is 2.40. The van der Waals surface area contributed by atoms with Gasteiger partial charge in [-0.3, -0.25) is 0 Å². The molecule has 1 heterocycles. The van der Waals surface area contributed by atoms with Crippen molar-refractivity contribution in [3.8, 4) is 17.4 Å². The van der Waals surface area contributed by atoms with E-state index in [4.69, 9.17) is 15.2 Å². The molecule has 0 unspecified atom stereocenters. The number of methoxy groups -OCH3 is 1. The van der Waals surface area contributed by atoms with Crippen LogP contribution >= 0.6 is 15.9 Å². The standard InChI is InChI=1S/C13H10BrF3N2O2/c1-20-10-3-2-8(18)5-11(10)21-12-9(13(15,16)17)4-7(14)6-19-12/h2-6H,18H2,1H3. The summed E-state index contributed by atoms with van der Waals surface area (Å²) in [6.07, 6.45) is -3.39. The molecular weight excluding hydrogens is 353 g/mol. The summed E-state index contributed by atoms with van der Waals surface area (Å²) in [6.45, 7) is 0. The maximum atomic E-state index is 13.0. The van der Waals surface area contributed by atoms with Gasteiger partial charge >= 0.3 is 6.18 Å². The number of nitrogens with zero attached hydrogens (tertiary/aromatic N) is 1. The Kier molecular flexibility index (Phi) is 4.26. The van der Waals surface area contributed by atoms with E-state index in [1.54, 1.807) is 6.07 Å². The van der Waals surface area contributed by atoms with Crippen LogP contribution in [0, 0.1) is 0 Å². The molecule has 0 fully saturated rings. The third-order valence-electron chi connectivity index (χ3n) is 2.52. The van der Waals surface area contributed by atoms with Crippen molar-refractivity contribution in [1.29, 1.82) is 0 Å². The van der Waals surface area contributed by atoms with E-state index in [1.807, 2.05) is 0 Å². The van der Waals surface area contributed by atoms with Crippen molar-refractivity contribution in [1.82, 2.24) is 4.98 Å². The SMILES string of the molecule is COc1ccc(N)cc1Oc1ncc(Br)cc1C(F)(F)F. The molecule has 2 N–H and O–H groups in total. The van der Waals surface area contributed by atoms with Gasteiger partial charge in [0.15, 0.2) is 11.5 Å². The first-order valence-electron chi connectivity index (χ1n) is 5.65. The second kappa shape index (κ2) is 5.80. The lowest BCUT2D eigenvalue weighted by Crippen LogP contribution is -2.08. The Labute approximate surface area is 126 Å². The molecule has 0 aliphatic heterocycles. The molecule has 1 aromatic heterocycles. The lowest BCUT2D eigenvalue weighted by Gasteiger charge is -2.14. The van der Waals surface area contributed by atoms with Gasteiger partial charge in [-0.1, -0.05) is 0 Å². The molecule has 112 valence electrons. The third kappa shape index (κ3) is 3.57. The van der Waals surface area contributed by atoms with Crippen molar-refractivity contribution >= 4 is 21.6 Å². The predicted octanol–water partition coefficient (Wildman–Crippen LogP) is 4.25. The first-order valence-corrected chi connectivity index (χ1v) is 6.44. The number of halogens is 4. The Morgan fingerprint density at radius 2 is 1.90 bits per heavy atom. The van der Waals surface area contributed by atoms with Gasteiger partial charge in [0.1, 0.15) is 5.56 Å². The van der Waals surface area contributed by atoms with Crippen molar-refractivity contribution in [3.05, 3.63) is 40.5 Å². The summed E-state index contributed by atoms with van der Waals surface area (Å²) in [5.41, 5.74) is 4.93. The molecule has 21 heavy (non-hydrogen) atoms. The summed E-state index contributed by atoms with van der Waals surface area (Å²) in [7, 11) is 1.37. The van der Waals surface area contributed by atoms with Gasteiger partial charge < -0.3 is 15.2 Å². The summed E-state index contributed by atoms with van der Waals surface area (Å²) in [5.74, 6) is -0.269. The van der Waals surface area contributed by atoms with Crippen LogP contribution in [0.1, 0.15) is 5.56 Å². The Balaban J connectivity index is 2.47. The third-order valence-corrected chi connectivity index (χ3v) is 2.95. The summed E-state index contributed by atoms with van der Waals surface area (Å²) < 4.78 is 49.4. The minimum Gasteiger partial charge on any atom is -0.493 e. The van der Waals surface area contributed by atoms with Gasteiger partial charge in [0, 0.05) is 22.4 Å². The number of anilines is 1. The summed E-state index contributed by atoms with van der Waals surface area (Å²) in [4.78, 5) is 3.66. The summed E-state index contributed by atoms with van der Waals surface area (Å²) >= 11 is 2.95. The number of hydrogen-bond acceptors (Lipinski definition) is 4. The fraction of sp³-hybridized carbons (Fsp3) is 0.154. The molecule has 0 amide bonds. The second-order valence-electron chi connectivity index (χ2n) is 4.02. The van der Waals surface area contributed by atoms with Crippen molar-refractivity contribution in [2.24, 2.45) is 0 Å². The number of benzene rings is 1. The monoisotopic (exact) mass is 362 g/mol. The van der Waals surface area contributed by atoms with Crippen LogP contribution in [0.4, 0.5) is 18.9 Å². The normalized spacial score (nSPS) is 11.3. The Morgan fingerprint density at radius 1 is 1.19 bits per heavy atom. The van der Waals surface area contributed by atoms with Crippen LogP contribution in [0.2, 0.25) is 0 Å². The predicted molar refractivity (Wildman–Crippen MR) is 74.4 cm³/mol. The van der Waals surface area contributed by atoms with Crippen LogP contribution in [-0.4, -0.2) is 12.1 Å². The van der Waals surface area contributed by atoms with Crippen LogP contribution in [0.5, 0.6) is 17.4 Å². The van der Waals surface area contributed by atoms with Crippen molar-refractivity contribution < 1.29 is 22.6 Å². The molecule has 0 atom stereocenters. The van der Waals surface area contributed by atoms with Gasteiger partial charge in [-0.15, -0.1) is 0 Å². The number of nitrogen functional groups attached to an aromatic ring is 1. The number of alkyl halides is 3. The highest BCUT2D eigenvalue weighted by molar-refractivity contribution is 9.10. The Hall–Kier alpha value is -1.96. The average Bonchev–Trinajstić information content (AvgIpc) is 2.40. The van der Waals surface area contributed by atoms with E-state index in [2.05, 4.69) is 20.9 Å². The molecule has 0 radical (unpaired) electrons. The zero-order valence-electron chi connectivity index (χ0n) is 10.7. The molecule has 0 spiro atoms.